The van der Waals surface area contributed by atoms with Crippen LogP contribution in [0, 0.1) is 0 Å². The van der Waals surface area contributed by atoms with Crippen molar-refractivity contribution in [3.05, 3.63) is 41.0 Å². The third-order valence-electron chi connectivity index (χ3n) is 3.10. The van der Waals surface area contributed by atoms with Crippen LogP contribution in [0.25, 0.3) is 5.82 Å². The van der Waals surface area contributed by atoms with Crippen molar-refractivity contribution in [3.63, 3.8) is 0 Å². The maximum absolute atomic E-state index is 12.3. The summed E-state index contributed by atoms with van der Waals surface area (Å²) >= 11 is 0. The van der Waals surface area contributed by atoms with Crippen molar-refractivity contribution in [3.8, 4) is 5.82 Å². The van der Waals surface area contributed by atoms with Crippen molar-refractivity contribution in [2.45, 2.75) is 25.3 Å². The van der Waals surface area contributed by atoms with E-state index in [1.54, 1.807) is 33.9 Å². The van der Waals surface area contributed by atoms with E-state index in [1.807, 2.05) is 0 Å². The van der Waals surface area contributed by atoms with Crippen molar-refractivity contribution >= 4 is 0 Å². The normalized spacial score (nSPS) is 14.9. The van der Waals surface area contributed by atoms with E-state index in [2.05, 4.69) is 9.97 Å². The number of nitrogens with two attached hydrogens (primary N) is 1. The smallest absolute Gasteiger partial charge is 0.294 e. The molecule has 3 rings (SSSR count). The fraction of sp³-hybridized carbons (Fsp3) is 0.417. The zero-order chi connectivity index (χ0) is 12.5. The summed E-state index contributed by atoms with van der Waals surface area (Å²) < 4.78 is 3.49. The first kappa shape index (κ1) is 11.2. The average molecular weight is 245 g/mol. The minimum Gasteiger partial charge on any atom is -0.330 e. The first-order chi connectivity index (χ1) is 8.81. The number of aromatic nitrogens is 4. The van der Waals surface area contributed by atoms with Crippen LogP contribution in [0.3, 0.4) is 0 Å². The summed E-state index contributed by atoms with van der Waals surface area (Å²) in [5.41, 5.74) is 5.48. The van der Waals surface area contributed by atoms with E-state index in [9.17, 15) is 4.79 Å². The average Bonchev–Trinajstić information content (AvgIpc) is 3.11. The molecule has 2 aromatic heterocycles. The minimum absolute atomic E-state index is 0.0590. The SMILES string of the molecule is NCCc1nccn1-c1nccn(C2CC2)c1=O. The molecule has 0 spiro atoms. The van der Waals surface area contributed by atoms with Gasteiger partial charge in [-0.05, 0) is 19.4 Å². The Hall–Kier alpha value is -1.95. The van der Waals surface area contributed by atoms with E-state index in [0.29, 0.717) is 24.8 Å². The number of nitrogens with zero attached hydrogens (tertiary/aromatic N) is 4. The molecule has 0 bridgehead atoms. The molecule has 0 aromatic carbocycles. The molecule has 1 fully saturated rings. The quantitative estimate of drug-likeness (QED) is 0.838. The first-order valence-corrected chi connectivity index (χ1v) is 6.11. The maximum Gasteiger partial charge on any atom is 0.294 e. The molecule has 6 heteroatoms. The predicted octanol–water partition coefficient (Wildman–Crippen LogP) is 0.265. The van der Waals surface area contributed by atoms with Gasteiger partial charge in [-0.2, -0.15) is 0 Å². The molecule has 0 radical (unpaired) electrons. The molecule has 1 saturated carbocycles. The zero-order valence-electron chi connectivity index (χ0n) is 9.99. The van der Waals surface area contributed by atoms with Crippen molar-refractivity contribution in [1.82, 2.24) is 19.1 Å². The van der Waals surface area contributed by atoms with Gasteiger partial charge >= 0.3 is 0 Å². The minimum atomic E-state index is -0.0590. The van der Waals surface area contributed by atoms with Gasteiger partial charge in [0, 0.05) is 37.3 Å². The van der Waals surface area contributed by atoms with E-state index in [1.165, 1.54) is 0 Å². The Balaban J connectivity index is 2.08. The molecule has 2 heterocycles. The fourth-order valence-electron chi connectivity index (χ4n) is 2.06. The van der Waals surface area contributed by atoms with Gasteiger partial charge in [0.2, 0.25) is 5.82 Å². The lowest BCUT2D eigenvalue weighted by molar-refractivity contribution is 0.682. The Labute approximate surface area is 104 Å². The van der Waals surface area contributed by atoms with Gasteiger partial charge in [-0.1, -0.05) is 0 Å². The largest absolute Gasteiger partial charge is 0.330 e. The molecular weight excluding hydrogens is 230 g/mol. The molecule has 0 amide bonds. The van der Waals surface area contributed by atoms with Crippen LogP contribution in [0.2, 0.25) is 0 Å². The monoisotopic (exact) mass is 245 g/mol. The second kappa shape index (κ2) is 4.38. The third kappa shape index (κ3) is 1.84. The Kier molecular flexibility index (Phi) is 2.71. The molecule has 2 N–H and O–H groups in total. The second-order valence-corrected chi connectivity index (χ2v) is 4.45. The van der Waals surface area contributed by atoms with Crippen LogP contribution in [-0.2, 0) is 6.42 Å². The van der Waals surface area contributed by atoms with Crippen molar-refractivity contribution in [2.75, 3.05) is 6.54 Å². The third-order valence-corrected chi connectivity index (χ3v) is 3.10. The molecule has 0 aliphatic heterocycles. The summed E-state index contributed by atoms with van der Waals surface area (Å²) in [6, 6.07) is 0.348. The van der Waals surface area contributed by atoms with Crippen LogP contribution in [0.15, 0.2) is 29.6 Å². The van der Waals surface area contributed by atoms with Crippen LogP contribution in [-0.4, -0.2) is 25.6 Å². The predicted molar refractivity (Wildman–Crippen MR) is 66.6 cm³/mol. The lowest BCUT2D eigenvalue weighted by Gasteiger charge is -2.08. The molecule has 0 unspecified atom stereocenters. The summed E-state index contributed by atoms with van der Waals surface area (Å²) in [4.78, 5) is 20.7. The van der Waals surface area contributed by atoms with Gasteiger partial charge < -0.3 is 10.3 Å². The van der Waals surface area contributed by atoms with E-state index in [4.69, 9.17) is 5.73 Å². The highest BCUT2D eigenvalue weighted by Crippen LogP contribution is 2.33. The van der Waals surface area contributed by atoms with E-state index in [-0.39, 0.29) is 5.56 Å². The number of hydrogen-bond acceptors (Lipinski definition) is 4. The van der Waals surface area contributed by atoms with Gasteiger partial charge in [-0.3, -0.25) is 9.36 Å². The maximum atomic E-state index is 12.3. The van der Waals surface area contributed by atoms with Crippen LogP contribution in [0.4, 0.5) is 0 Å². The van der Waals surface area contributed by atoms with Gasteiger partial charge in [-0.25, -0.2) is 9.97 Å². The summed E-state index contributed by atoms with van der Waals surface area (Å²) in [7, 11) is 0. The highest BCUT2D eigenvalue weighted by Gasteiger charge is 2.25. The highest BCUT2D eigenvalue weighted by molar-refractivity contribution is 5.22. The fourth-order valence-corrected chi connectivity index (χ4v) is 2.06. The van der Waals surface area contributed by atoms with E-state index < -0.39 is 0 Å². The molecular formula is C12H15N5O. The standard InChI is InChI=1S/C12H15N5O/c13-4-3-10-14-5-8-17(10)11-12(18)16(7-6-15-11)9-1-2-9/h5-9H,1-4,13H2. The summed E-state index contributed by atoms with van der Waals surface area (Å²) in [6.45, 7) is 0.501. The van der Waals surface area contributed by atoms with Gasteiger partial charge in [-0.15, -0.1) is 0 Å². The summed E-state index contributed by atoms with van der Waals surface area (Å²) in [5, 5.41) is 0. The number of rotatable bonds is 4. The molecule has 94 valence electrons. The molecule has 6 nitrogen and oxygen atoms in total. The lowest BCUT2D eigenvalue weighted by Crippen LogP contribution is -2.25. The van der Waals surface area contributed by atoms with E-state index >= 15 is 0 Å². The molecule has 1 aliphatic carbocycles. The molecule has 1 aliphatic rings. The van der Waals surface area contributed by atoms with Crippen LogP contribution in [0.1, 0.15) is 24.7 Å². The van der Waals surface area contributed by atoms with Gasteiger partial charge in [0.25, 0.3) is 5.56 Å². The van der Waals surface area contributed by atoms with Crippen molar-refractivity contribution < 1.29 is 0 Å². The highest BCUT2D eigenvalue weighted by atomic mass is 16.1. The number of imidazole rings is 1. The van der Waals surface area contributed by atoms with Crippen LogP contribution >= 0.6 is 0 Å². The van der Waals surface area contributed by atoms with Crippen molar-refractivity contribution in [1.29, 1.82) is 0 Å². The Morgan fingerprint density at radius 2 is 2.06 bits per heavy atom. The topological polar surface area (TPSA) is 78.7 Å². The van der Waals surface area contributed by atoms with Gasteiger partial charge in [0.05, 0.1) is 0 Å². The first-order valence-electron chi connectivity index (χ1n) is 6.11. The van der Waals surface area contributed by atoms with Crippen LogP contribution in [0.5, 0.6) is 0 Å². The van der Waals surface area contributed by atoms with Crippen LogP contribution < -0.4 is 11.3 Å². The van der Waals surface area contributed by atoms with Crippen molar-refractivity contribution in [2.24, 2.45) is 5.73 Å². The Morgan fingerprint density at radius 1 is 1.28 bits per heavy atom. The second-order valence-electron chi connectivity index (χ2n) is 4.45. The molecule has 0 atom stereocenters. The molecule has 18 heavy (non-hydrogen) atoms. The van der Waals surface area contributed by atoms with Gasteiger partial charge in [0.15, 0.2) is 0 Å². The Morgan fingerprint density at radius 3 is 2.78 bits per heavy atom. The lowest BCUT2D eigenvalue weighted by atomic mass is 10.4. The summed E-state index contributed by atoms with van der Waals surface area (Å²) in [6.07, 6.45) is 9.62. The molecule has 0 saturated heterocycles. The molecule has 2 aromatic rings. The Bertz CT molecular complexity index is 611. The summed E-state index contributed by atoms with van der Waals surface area (Å²) in [5.74, 6) is 1.18. The zero-order valence-corrected chi connectivity index (χ0v) is 9.99. The number of hydrogen-bond donors (Lipinski definition) is 1. The van der Waals surface area contributed by atoms with E-state index in [0.717, 1.165) is 18.7 Å². The van der Waals surface area contributed by atoms with Gasteiger partial charge in [0.1, 0.15) is 5.82 Å².